The van der Waals surface area contributed by atoms with E-state index in [0.717, 1.165) is 59.7 Å². The Morgan fingerprint density at radius 1 is 1.06 bits per heavy atom. The van der Waals surface area contributed by atoms with Gasteiger partial charge in [0, 0.05) is 62.5 Å². The fraction of sp³-hybridized carbons (Fsp3) is 0.486. The molecule has 2 atom stereocenters. The highest BCUT2D eigenvalue weighted by atomic mass is 16.5. The van der Waals surface area contributed by atoms with E-state index in [1.807, 2.05) is 44.2 Å². The summed E-state index contributed by atoms with van der Waals surface area (Å²) in [7, 11) is 0. The van der Waals surface area contributed by atoms with Gasteiger partial charge in [-0.1, -0.05) is 17.3 Å². The van der Waals surface area contributed by atoms with Crippen molar-refractivity contribution in [2.75, 3.05) is 39.3 Å². The Kier molecular flexibility index (Phi) is 11.2. The number of hydrogen-bond donors (Lipinski definition) is 2. The first-order chi connectivity index (χ1) is 22.8. The molecule has 1 fully saturated rings. The number of pyridine rings is 1. The number of ether oxygens (including phenoxy) is 1. The maximum atomic E-state index is 13.7. The minimum atomic E-state index is -0.412. The summed E-state index contributed by atoms with van der Waals surface area (Å²) in [6.07, 6.45) is 7.39. The van der Waals surface area contributed by atoms with Gasteiger partial charge in [0.1, 0.15) is 11.5 Å². The zero-order valence-corrected chi connectivity index (χ0v) is 27.1. The summed E-state index contributed by atoms with van der Waals surface area (Å²) in [4.78, 5) is 57.2. The summed E-state index contributed by atoms with van der Waals surface area (Å²) in [6, 6.07) is 9.83. The summed E-state index contributed by atoms with van der Waals surface area (Å²) in [5.74, 6) is 0.695. The van der Waals surface area contributed by atoms with Gasteiger partial charge in [-0.2, -0.15) is 0 Å². The SMILES string of the molecule is Cc1noc(C)c1CCC(=O)N1C[C@@H]2C(=O)NCCN(C(=O)c3cnc4c(c3)CCCC4)CCCOc3cccc(c3)[C@H]2C1.O=CO. The molecule has 250 valence electrons. The molecular weight excluding hydrogens is 602 g/mol. The van der Waals surface area contributed by atoms with Crippen molar-refractivity contribution in [2.24, 2.45) is 5.92 Å². The van der Waals surface area contributed by atoms with Gasteiger partial charge in [-0.05, 0) is 81.7 Å². The molecule has 12 nitrogen and oxygen atoms in total. The van der Waals surface area contributed by atoms with E-state index < -0.39 is 5.92 Å². The average molecular weight is 646 g/mol. The van der Waals surface area contributed by atoms with Gasteiger partial charge in [-0.25, -0.2) is 0 Å². The van der Waals surface area contributed by atoms with E-state index in [1.54, 1.807) is 16.0 Å². The van der Waals surface area contributed by atoms with Crippen LogP contribution in [0, 0.1) is 19.8 Å². The van der Waals surface area contributed by atoms with E-state index in [9.17, 15) is 14.4 Å². The third kappa shape index (κ3) is 8.16. The van der Waals surface area contributed by atoms with Crippen molar-refractivity contribution < 1.29 is 33.5 Å². The Balaban J connectivity index is 0.00000139. The molecule has 2 aliphatic heterocycles. The van der Waals surface area contributed by atoms with E-state index in [1.165, 1.54) is 5.56 Å². The highest BCUT2D eigenvalue weighted by Gasteiger charge is 2.40. The molecule has 1 saturated heterocycles. The number of fused-ring (bicyclic) bond motifs is 5. The Morgan fingerprint density at radius 2 is 1.85 bits per heavy atom. The minimum absolute atomic E-state index is 0.00560. The number of nitrogens with one attached hydrogen (secondary N) is 1. The molecule has 2 N–H and O–H groups in total. The molecule has 2 aromatic heterocycles. The summed E-state index contributed by atoms with van der Waals surface area (Å²) in [6.45, 7) is 5.96. The van der Waals surface area contributed by atoms with Crippen LogP contribution in [-0.2, 0) is 33.6 Å². The summed E-state index contributed by atoms with van der Waals surface area (Å²) in [5, 5.41) is 14.0. The lowest BCUT2D eigenvalue weighted by Gasteiger charge is -2.25. The molecule has 3 aliphatic rings. The highest BCUT2D eigenvalue weighted by molar-refractivity contribution is 5.94. The minimum Gasteiger partial charge on any atom is -0.494 e. The standard InChI is InChI=1S/C34H41N5O5.CH2O2/c1-22-28(23(2)44-37-22)11-12-32(40)39-20-29-24-8-5-9-27(18-24)43-16-6-14-38(15-13-35-33(41)30(29)21-39)34(42)26-17-25-7-3-4-10-31(25)36-19-26;2-1-3/h5,8-9,17-19,29-30H,3-4,6-7,10-16,20-21H2,1-2H3,(H,35,41);1H,(H,2,3)/t29-,30+;/m1./s1. The van der Waals surface area contributed by atoms with Gasteiger partial charge in [0.25, 0.3) is 12.4 Å². The van der Waals surface area contributed by atoms with Crippen molar-refractivity contribution in [3.05, 3.63) is 75.9 Å². The molecule has 0 radical (unpaired) electrons. The zero-order valence-electron chi connectivity index (χ0n) is 27.1. The van der Waals surface area contributed by atoms with Crippen LogP contribution in [0.2, 0.25) is 0 Å². The molecule has 6 rings (SSSR count). The molecule has 3 amide bonds. The number of carbonyl (C=O) groups is 4. The number of amides is 3. The van der Waals surface area contributed by atoms with Crippen LogP contribution >= 0.6 is 0 Å². The monoisotopic (exact) mass is 645 g/mol. The first-order valence-corrected chi connectivity index (χ1v) is 16.3. The first kappa shape index (κ1) is 33.6. The molecule has 1 aliphatic carbocycles. The van der Waals surface area contributed by atoms with Crippen molar-refractivity contribution >= 4 is 24.2 Å². The lowest BCUT2D eigenvalue weighted by molar-refractivity contribution is -0.130. The van der Waals surface area contributed by atoms with Crippen molar-refractivity contribution in [1.82, 2.24) is 25.3 Å². The Labute approximate surface area is 274 Å². The number of carboxylic acid groups (broad SMARTS) is 1. The number of benzene rings is 1. The van der Waals surface area contributed by atoms with Crippen LogP contribution < -0.4 is 10.1 Å². The fourth-order valence-electron chi connectivity index (χ4n) is 6.79. The Hall–Kier alpha value is -4.74. The quantitative estimate of drug-likeness (QED) is 0.406. The fourth-order valence-corrected chi connectivity index (χ4v) is 6.79. The van der Waals surface area contributed by atoms with Gasteiger partial charge in [-0.3, -0.25) is 24.2 Å². The molecule has 3 aromatic rings. The maximum Gasteiger partial charge on any atom is 0.290 e. The molecule has 12 heteroatoms. The van der Waals surface area contributed by atoms with E-state index >= 15 is 0 Å². The topological polar surface area (TPSA) is 155 Å². The number of aromatic nitrogens is 2. The molecule has 0 spiro atoms. The van der Waals surface area contributed by atoms with Crippen molar-refractivity contribution in [3.8, 4) is 5.75 Å². The van der Waals surface area contributed by atoms with Crippen LogP contribution in [-0.4, -0.2) is 88.6 Å². The summed E-state index contributed by atoms with van der Waals surface area (Å²) >= 11 is 0. The van der Waals surface area contributed by atoms with Crippen LogP contribution in [0.5, 0.6) is 5.75 Å². The molecule has 0 unspecified atom stereocenters. The number of nitrogens with zero attached hydrogens (tertiary/aromatic N) is 4. The van der Waals surface area contributed by atoms with E-state index in [2.05, 4.69) is 15.5 Å². The lowest BCUT2D eigenvalue weighted by Crippen LogP contribution is -2.42. The van der Waals surface area contributed by atoms with Crippen LogP contribution in [0.3, 0.4) is 0 Å². The Bertz CT molecular complexity index is 1570. The van der Waals surface area contributed by atoms with Gasteiger partial charge >= 0.3 is 0 Å². The third-order valence-electron chi connectivity index (χ3n) is 9.29. The van der Waals surface area contributed by atoms with Crippen molar-refractivity contribution in [2.45, 2.75) is 64.7 Å². The number of rotatable bonds is 4. The Morgan fingerprint density at radius 3 is 2.64 bits per heavy atom. The summed E-state index contributed by atoms with van der Waals surface area (Å²) < 4.78 is 11.4. The van der Waals surface area contributed by atoms with E-state index in [4.69, 9.17) is 19.2 Å². The van der Waals surface area contributed by atoms with Gasteiger partial charge < -0.3 is 29.5 Å². The van der Waals surface area contributed by atoms with Gasteiger partial charge in [0.15, 0.2) is 0 Å². The van der Waals surface area contributed by atoms with Crippen LogP contribution in [0.25, 0.3) is 0 Å². The molecule has 4 heterocycles. The molecule has 47 heavy (non-hydrogen) atoms. The second-order valence-electron chi connectivity index (χ2n) is 12.3. The molecule has 2 bridgehead atoms. The van der Waals surface area contributed by atoms with Gasteiger partial charge in [0.05, 0.1) is 23.8 Å². The second kappa shape index (κ2) is 15.7. The third-order valence-corrected chi connectivity index (χ3v) is 9.29. The summed E-state index contributed by atoms with van der Waals surface area (Å²) in [5.41, 5.74) is 5.60. The first-order valence-electron chi connectivity index (χ1n) is 16.3. The second-order valence-corrected chi connectivity index (χ2v) is 12.3. The average Bonchev–Trinajstić information content (AvgIpc) is 3.67. The van der Waals surface area contributed by atoms with E-state index in [0.29, 0.717) is 64.2 Å². The number of aryl methyl sites for hydroxylation is 4. The normalized spacial score (nSPS) is 19.6. The van der Waals surface area contributed by atoms with Crippen LogP contribution in [0.1, 0.15) is 75.8 Å². The van der Waals surface area contributed by atoms with Crippen LogP contribution in [0.4, 0.5) is 0 Å². The van der Waals surface area contributed by atoms with Crippen molar-refractivity contribution in [1.29, 1.82) is 0 Å². The predicted octanol–water partition coefficient (Wildman–Crippen LogP) is 3.48. The zero-order chi connectivity index (χ0) is 33.3. The predicted molar refractivity (Wildman–Crippen MR) is 172 cm³/mol. The molecular formula is C35H43N5O7. The number of hydrogen-bond acceptors (Lipinski definition) is 8. The smallest absolute Gasteiger partial charge is 0.290 e. The van der Waals surface area contributed by atoms with Gasteiger partial charge in [0.2, 0.25) is 11.8 Å². The lowest BCUT2D eigenvalue weighted by atomic mass is 9.88. The maximum absolute atomic E-state index is 13.7. The number of carbonyl (C=O) groups excluding carboxylic acids is 3. The highest BCUT2D eigenvalue weighted by Crippen LogP contribution is 2.35. The number of likely N-dealkylation sites (tertiary alicyclic amines) is 1. The van der Waals surface area contributed by atoms with Crippen molar-refractivity contribution in [3.63, 3.8) is 0 Å². The largest absolute Gasteiger partial charge is 0.494 e. The van der Waals surface area contributed by atoms with Gasteiger partial charge in [-0.15, -0.1) is 0 Å². The van der Waals surface area contributed by atoms with E-state index in [-0.39, 0.29) is 30.1 Å². The molecule has 1 aromatic carbocycles. The molecule has 0 saturated carbocycles. The van der Waals surface area contributed by atoms with Crippen LogP contribution in [0.15, 0.2) is 41.1 Å².